The zero-order chi connectivity index (χ0) is 15.5. The van der Waals surface area contributed by atoms with Gasteiger partial charge in [0.05, 0.1) is 5.69 Å². The van der Waals surface area contributed by atoms with E-state index in [0.29, 0.717) is 5.56 Å². The van der Waals surface area contributed by atoms with Gasteiger partial charge >= 0.3 is 0 Å². The third kappa shape index (κ3) is 2.52. The van der Waals surface area contributed by atoms with Crippen molar-refractivity contribution < 1.29 is 0 Å². The van der Waals surface area contributed by atoms with E-state index in [1.54, 1.807) is 12.4 Å². The van der Waals surface area contributed by atoms with Crippen LogP contribution in [0.15, 0.2) is 54.9 Å². The summed E-state index contributed by atoms with van der Waals surface area (Å²) in [7, 11) is 0. The van der Waals surface area contributed by atoms with Crippen LogP contribution in [0, 0.1) is 18.3 Å². The molecule has 0 bridgehead atoms. The number of aryl methyl sites for hydroxylation is 1. The Labute approximate surface area is 128 Å². The van der Waals surface area contributed by atoms with Crippen LogP contribution in [-0.4, -0.2) is 9.97 Å². The molecule has 1 aromatic carbocycles. The predicted octanol–water partition coefficient (Wildman–Crippen LogP) is 3.57. The first-order chi connectivity index (χ1) is 10.7. The van der Waals surface area contributed by atoms with Crippen molar-refractivity contribution in [3.05, 3.63) is 66.0 Å². The van der Waals surface area contributed by atoms with Crippen LogP contribution in [0.1, 0.15) is 11.1 Å². The summed E-state index contributed by atoms with van der Waals surface area (Å²) in [5.41, 5.74) is 10.9. The lowest BCUT2D eigenvalue weighted by Crippen LogP contribution is -1.99. The van der Waals surface area contributed by atoms with Crippen LogP contribution in [0.4, 0.5) is 5.82 Å². The predicted molar refractivity (Wildman–Crippen MR) is 86.8 cm³/mol. The molecule has 0 aliphatic heterocycles. The fraction of sp³-hybridized carbons (Fsp3) is 0.0556. The SMILES string of the molecule is Cc1cccc(-c2cc(-c3ccncc3)c(C#N)c(N)n2)c1. The van der Waals surface area contributed by atoms with Gasteiger partial charge in [0.2, 0.25) is 0 Å². The Hall–Kier alpha value is -3.19. The largest absolute Gasteiger partial charge is 0.383 e. The standard InChI is InChI=1S/C18H14N4/c1-12-3-2-4-14(9-12)17-10-15(13-5-7-21-8-6-13)16(11-19)18(20)22-17/h2-10H,1H3,(H2,20,22). The molecule has 4 heteroatoms. The second-order valence-corrected chi connectivity index (χ2v) is 5.03. The van der Waals surface area contributed by atoms with Crippen LogP contribution in [0.25, 0.3) is 22.4 Å². The van der Waals surface area contributed by atoms with Gasteiger partial charge < -0.3 is 5.73 Å². The minimum absolute atomic E-state index is 0.244. The molecular weight excluding hydrogens is 272 g/mol. The van der Waals surface area contributed by atoms with Crippen LogP contribution >= 0.6 is 0 Å². The van der Waals surface area contributed by atoms with Gasteiger partial charge in [-0.15, -0.1) is 0 Å². The smallest absolute Gasteiger partial charge is 0.142 e. The summed E-state index contributed by atoms with van der Waals surface area (Å²) in [6, 6.07) is 15.8. The van der Waals surface area contributed by atoms with Crippen LogP contribution in [-0.2, 0) is 0 Å². The Morgan fingerprint density at radius 1 is 1.05 bits per heavy atom. The van der Waals surface area contributed by atoms with Gasteiger partial charge in [-0.3, -0.25) is 4.98 Å². The number of pyridine rings is 2. The normalized spacial score (nSPS) is 10.2. The molecule has 0 spiro atoms. The van der Waals surface area contributed by atoms with E-state index >= 15 is 0 Å². The summed E-state index contributed by atoms with van der Waals surface area (Å²) in [6.07, 6.45) is 3.39. The fourth-order valence-corrected chi connectivity index (χ4v) is 2.39. The first kappa shape index (κ1) is 13.8. The van der Waals surface area contributed by atoms with Gasteiger partial charge in [-0.05, 0) is 36.8 Å². The lowest BCUT2D eigenvalue weighted by molar-refractivity contribution is 1.29. The average Bonchev–Trinajstić information content (AvgIpc) is 2.55. The van der Waals surface area contributed by atoms with Crippen molar-refractivity contribution in [3.63, 3.8) is 0 Å². The number of nitrogen functional groups attached to an aromatic ring is 1. The molecule has 0 aliphatic rings. The topological polar surface area (TPSA) is 75.6 Å². The Kier molecular flexibility index (Phi) is 3.55. The quantitative estimate of drug-likeness (QED) is 0.781. The summed E-state index contributed by atoms with van der Waals surface area (Å²) >= 11 is 0. The Morgan fingerprint density at radius 3 is 2.50 bits per heavy atom. The van der Waals surface area contributed by atoms with Crippen molar-refractivity contribution in [1.82, 2.24) is 9.97 Å². The molecule has 0 fully saturated rings. The van der Waals surface area contributed by atoms with Gasteiger partial charge in [0.1, 0.15) is 17.5 Å². The minimum atomic E-state index is 0.244. The van der Waals surface area contributed by atoms with Crippen molar-refractivity contribution in [2.75, 3.05) is 5.73 Å². The number of hydrogen-bond acceptors (Lipinski definition) is 4. The van der Waals surface area contributed by atoms with Crippen molar-refractivity contribution in [2.24, 2.45) is 0 Å². The molecule has 0 radical (unpaired) electrons. The molecule has 3 aromatic rings. The number of rotatable bonds is 2. The molecule has 0 aliphatic carbocycles. The lowest BCUT2D eigenvalue weighted by Gasteiger charge is -2.10. The Balaban J connectivity index is 2.24. The maximum absolute atomic E-state index is 9.38. The lowest BCUT2D eigenvalue weighted by atomic mass is 9.99. The molecule has 3 rings (SSSR count). The van der Waals surface area contributed by atoms with E-state index in [0.717, 1.165) is 27.9 Å². The summed E-state index contributed by atoms with van der Waals surface area (Å²) in [5, 5.41) is 9.38. The van der Waals surface area contributed by atoms with E-state index in [2.05, 4.69) is 16.0 Å². The zero-order valence-electron chi connectivity index (χ0n) is 12.1. The maximum atomic E-state index is 9.38. The number of nitrogens with zero attached hydrogens (tertiary/aromatic N) is 3. The van der Waals surface area contributed by atoms with Crippen LogP contribution in [0.2, 0.25) is 0 Å². The second kappa shape index (κ2) is 5.66. The summed E-state index contributed by atoms with van der Waals surface area (Å²) in [4.78, 5) is 8.39. The first-order valence-corrected chi connectivity index (χ1v) is 6.87. The van der Waals surface area contributed by atoms with E-state index in [1.165, 1.54) is 0 Å². The molecule has 22 heavy (non-hydrogen) atoms. The van der Waals surface area contributed by atoms with E-state index in [9.17, 15) is 5.26 Å². The van der Waals surface area contributed by atoms with Gasteiger partial charge in [0, 0.05) is 23.5 Å². The molecule has 0 saturated heterocycles. The van der Waals surface area contributed by atoms with Gasteiger partial charge in [-0.1, -0.05) is 23.8 Å². The Bertz CT molecular complexity index is 864. The number of benzene rings is 1. The van der Waals surface area contributed by atoms with Crippen molar-refractivity contribution >= 4 is 5.82 Å². The molecule has 0 saturated carbocycles. The van der Waals surface area contributed by atoms with Crippen LogP contribution in [0.3, 0.4) is 0 Å². The van der Waals surface area contributed by atoms with Crippen molar-refractivity contribution in [2.45, 2.75) is 6.92 Å². The van der Waals surface area contributed by atoms with E-state index < -0.39 is 0 Å². The number of aromatic nitrogens is 2. The molecule has 106 valence electrons. The van der Waals surface area contributed by atoms with E-state index in [-0.39, 0.29) is 5.82 Å². The molecule has 0 amide bonds. The van der Waals surface area contributed by atoms with Crippen molar-refractivity contribution in [1.29, 1.82) is 5.26 Å². The van der Waals surface area contributed by atoms with Crippen LogP contribution < -0.4 is 5.73 Å². The summed E-state index contributed by atoms with van der Waals surface area (Å²) in [6.45, 7) is 2.03. The highest BCUT2D eigenvalue weighted by molar-refractivity contribution is 5.80. The molecule has 0 atom stereocenters. The molecule has 2 N–H and O–H groups in total. The van der Waals surface area contributed by atoms with E-state index in [4.69, 9.17) is 5.73 Å². The molecule has 4 nitrogen and oxygen atoms in total. The number of hydrogen-bond donors (Lipinski definition) is 1. The molecule has 2 aromatic heterocycles. The van der Waals surface area contributed by atoms with Gasteiger partial charge in [0.15, 0.2) is 0 Å². The third-order valence-electron chi connectivity index (χ3n) is 3.46. The number of anilines is 1. The van der Waals surface area contributed by atoms with Crippen LogP contribution in [0.5, 0.6) is 0 Å². The fourth-order valence-electron chi connectivity index (χ4n) is 2.39. The minimum Gasteiger partial charge on any atom is -0.383 e. The summed E-state index contributed by atoms with van der Waals surface area (Å²) < 4.78 is 0. The summed E-state index contributed by atoms with van der Waals surface area (Å²) in [5.74, 6) is 0.244. The highest BCUT2D eigenvalue weighted by atomic mass is 14.8. The highest BCUT2D eigenvalue weighted by Gasteiger charge is 2.13. The Morgan fingerprint density at radius 2 is 1.82 bits per heavy atom. The highest BCUT2D eigenvalue weighted by Crippen LogP contribution is 2.30. The third-order valence-corrected chi connectivity index (χ3v) is 3.46. The number of nitrogens with two attached hydrogens (primary N) is 1. The van der Waals surface area contributed by atoms with E-state index in [1.807, 2.05) is 49.4 Å². The monoisotopic (exact) mass is 286 g/mol. The van der Waals surface area contributed by atoms with Gasteiger partial charge in [-0.25, -0.2) is 4.98 Å². The van der Waals surface area contributed by atoms with Gasteiger partial charge in [0.25, 0.3) is 0 Å². The number of nitriles is 1. The first-order valence-electron chi connectivity index (χ1n) is 6.87. The maximum Gasteiger partial charge on any atom is 0.142 e. The molecule has 2 heterocycles. The molecule has 0 unspecified atom stereocenters. The second-order valence-electron chi connectivity index (χ2n) is 5.03. The zero-order valence-corrected chi connectivity index (χ0v) is 12.1. The van der Waals surface area contributed by atoms with Gasteiger partial charge in [-0.2, -0.15) is 5.26 Å². The average molecular weight is 286 g/mol. The van der Waals surface area contributed by atoms with Crippen molar-refractivity contribution in [3.8, 4) is 28.5 Å². The molecular formula is C18H14N4.